The van der Waals surface area contributed by atoms with E-state index in [2.05, 4.69) is 52.9 Å². The fourth-order valence-corrected chi connectivity index (χ4v) is 5.25. The van der Waals surface area contributed by atoms with Crippen LogP contribution in [0.1, 0.15) is 30.5 Å². The number of nitrogens with zero attached hydrogens (tertiary/aromatic N) is 2. The van der Waals surface area contributed by atoms with Gasteiger partial charge in [-0.15, -0.1) is 11.8 Å². The Morgan fingerprint density at radius 3 is 2.62 bits per heavy atom. The van der Waals surface area contributed by atoms with Crippen LogP contribution in [0.3, 0.4) is 0 Å². The molecule has 0 radical (unpaired) electrons. The second-order valence-corrected chi connectivity index (χ2v) is 8.57. The Morgan fingerprint density at radius 1 is 1.00 bits per heavy atom. The third-order valence-corrected chi connectivity index (χ3v) is 6.59. The Bertz CT molecular complexity index is 896. The number of fused-ring (bicyclic) bond motifs is 1. The van der Waals surface area contributed by atoms with Crippen molar-refractivity contribution in [3.63, 3.8) is 0 Å². The maximum Gasteiger partial charge on any atom is 0.0483 e. The summed E-state index contributed by atoms with van der Waals surface area (Å²) < 4.78 is 2.38. The Kier molecular flexibility index (Phi) is 5.58. The zero-order valence-corrected chi connectivity index (χ0v) is 16.8. The fraction of sp³-hybridized carbons (Fsp3) is 0.364. The van der Waals surface area contributed by atoms with Gasteiger partial charge >= 0.3 is 0 Å². The van der Waals surface area contributed by atoms with E-state index in [9.17, 15) is 0 Å². The van der Waals surface area contributed by atoms with E-state index >= 15 is 0 Å². The highest BCUT2D eigenvalue weighted by Gasteiger charge is 2.19. The number of rotatable bonds is 5. The highest BCUT2D eigenvalue weighted by atomic mass is 35.5. The molecule has 0 saturated carbocycles. The van der Waals surface area contributed by atoms with Crippen LogP contribution in [-0.2, 0) is 19.3 Å². The van der Waals surface area contributed by atoms with Gasteiger partial charge in [-0.3, -0.25) is 4.90 Å². The molecule has 2 nitrogen and oxygen atoms in total. The minimum atomic E-state index is 0.806. The molecule has 136 valence electrons. The molecule has 0 bridgehead atoms. The van der Waals surface area contributed by atoms with Crippen molar-refractivity contribution in [2.45, 2.75) is 36.5 Å². The third-order valence-electron chi connectivity index (χ3n) is 5.35. The van der Waals surface area contributed by atoms with Gasteiger partial charge in [-0.2, -0.15) is 0 Å². The molecular formula is C22H25ClN2S. The molecule has 2 aromatic carbocycles. The van der Waals surface area contributed by atoms with Crippen LogP contribution in [0.25, 0.3) is 10.9 Å². The summed E-state index contributed by atoms with van der Waals surface area (Å²) in [5, 5.41) is 2.21. The van der Waals surface area contributed by atoms with Gasteiger partial charge in [0.2, 0.25) is 0 Å². The summed E-state index contributed by atoms with van der Waals surface area (Å²) in [5.41, 5.74) is 4.27. The maximum atomic E-state index is 6.16. The molecular weight excluding hydrogens is 360 g/mol. The summed E-state index contributed by atoms with van der Waals surface area (Å²) in [6, 6.07) is 17.0. The highest BCUT2D eigenvalue weighted by molar-refractivity contribution is 7.98. The van der Waals surface area contributed by atoms with Gasteiger partial charge in [0, 0.05) is 45.9 Å². The molecule has 0 N–H and O–H groups in total. The predicted octanol–water partition coefficient (Wildman–Crippen LogP) is 6.11. The summed E-state index contributed by atoms with van der Waals surface area (Å²) in [4.78, 5) is 3.85. The molecule has 0 spiro atoms. The zero-order chi connectivity index (χ0) is 17.9. The quantitative estimate of drug-likeness (QED) is 0.490. The van der Waals surface area contributed by atoms with Gasteiger partial charge in [-0.1, -0.05) is 42.3 Å². The normalized spacial score (nSPS) is 15.6. The molecule has 1 saturated heterocycles. The summed E-state index contributed by atoms with van der Waals surface area (Å²) in [5.74, 6) is 0.967. The van der Waals surface area contributed by atoms with E-state index in [4.69, 9.17) is 11.6 Å². The van der Waals surface area contributed by atoms with Crippen LogP contribution in [0.4, 0.5) is 0 Å². The second-order valence-electron chi connectivity index (χ2n) is 7.08. The van der Waals surface area contributed by atoms with E-state index in [1.54, 1.807) is 0 Å². The first-order valence-corrected chi connectivity index (χ1v) is 10.7. The predicted molar refractivity (Wildman–Crippen MR) is 113 cm³/mol. The van der Waals surface area contributed by atoms with Crippen LogP contribution in [0.15, 0.2) is 53.4 Å². The molecule has 0 unspecified atom stereocenters. The molecule has 3 aromatic rings. The van der Waals surface area contributed by atoms with Gasteiger partial charge in [0.1, 0.15) is 0 Å². The molecule has 1 aliphatic heterocycles. The van der Waals surface area contributed by atoms with Crippen LogP contribution in [0, 0.1) is 0 Å². The lowest BCUT2D eigenvalue weighted by atomic mass is 10.1. The summed E-state index contributed by atoms with van der Waals surface area (Å²) in [6.07, 6.45) is 4.04. The van der Waals surface area contributed by atoms with Crippen LogP contribution in [0.2, 0.25) is 5.02 Å². The minimum absolute atomic E-state index is 0.806. The number of para-hydroxylation sites is 1. The fourth-order valence-electron chi connectivity index (χ4n) is 3.93. The molecule has 1 fully saturated rings. The summed E-state index contributed by atoms with van der Waals surface area (Å²) in [6.45, 7) is 3.51. The van der Waals surface area contributed by atoms with Crippen LogP contribution >= 0.6 is 23.4 Å². The van der Waals surface area contributed by atoms with Crippen molar-refractivity contribution in [2.75, 3.05) is 13.1 Å². The number of thioether (sulfide) groups is 1. The zero-order valence-electron chi connectivity index (χ0n) is 15.2. The lowest BCUT2D eigenvalue weighted by molar-refractivity contribution is 0.221. The average molecular weight is 385 g/mol. The van der Waals surface area contributed by atoms with Gasteiger partial charge < -0.3 is 4.57 Å². The van der Waals surface area contributed by atoms with E-state index in [-0.39, 0.29) is 0 Å². The Labute approximate surface area is 165 Å². The van der Waals surface area contributed by atoms with E-state index in [0.717, 1.165) is 17.3 Å². The van der Waals surface area contributed by atoms with Crippen molar-refractivity contribution in [1.29, 1.82) is 0 Å². The Morgan fingerprint density at radius 2 is 1.81 bits per heavy atom. The molecule has 0 aliphatic carbocycles. The smallest absolute Gasteiger partial charge is 0.0483 e. The van der Waals surface area contributed by atoms with Gasteiger partial charge in [0.05, 0.1) is 0 Å². The number of halogens is 1. The number of piperidine rings is 1. The number of hydrogen-bond donors (Lipinski definition) is 0. The molecule has 1 aromatic heterocycles. The molecule has 4 rings (SSSR count). The van der Waals surface area contributed by atoms with Crippen molar-refractivity contribution in [2.24, 2.45) is 7.05 Å². The van der Waals surface area contributed by atoms with Crippen molar-refractivity contribution >= 4 is 34.3 Å². The largest absolute Gasteiger partial charge is 0.347 e. The van der Waals surface area contributed by atoms with Crippen LogP contribution < -0.4 is 0 Å². The lowest BCUT2D eigenvalue weighted by Crippen LogP contribution is -2.29. The number of benzene rings is 2. The molecule has 1 aliphatic rings. The van der Waals surface area contributed by atoms with E-state index < -0.39 is 0 Å². The SMILES string of the molecule is Cn1c(CSc2cccc(Cl)c2)c(CN2CCCCC2)c2ccccc21. The van der Waals surface area contributed by atoms with E-state index in [0.29, 0.717) is 0 Å². The second kappa shape index (κ2) is 8.08. The first-order chi connectivity index (χ1) is 12.7. The standard InChI is InChI=1S/C22H25ClN2S/c1-24-21-11-4-3-10-19(21)20(15-25-12-5-2-6-13-25)22(24)16-26-18-9-7-8-17(23)14-18/h3-4,7-11,14H,2,5-6,12-13,15-16H2,1H3. The topological polar surface area (TPSA) is 8.17 Å². The van der Waals surface area contributed by atoms with Crippen molar-refractivity contribution in [1.82, 2.24) is 9.47 Å². The minimum Gasteiger partial charge on any atom is -0.347 e. The molecule has 2 heterocycles. The van der Waals surface area contributed by atoms with Gasteiger partial charge in [-0.05, 0) is 55.8 Å². The van der Waals surface area contributed by atoms with Gasteiger partial charge in [0.15, 0.2) is 0 Å². The van der Waals surface area contributed by atoms with Crippen LogP contribution in [-0.4, -0.2) is 22.6 Å². The number of aromatic nitrogens is 1. The van der Waals surface area contributed by atoms with Crippen molar-refractivity contribution in [3.05, 3.63) is 64.8 Å². The number of aryl methyl sites for hydroxylation is 1. The molecule has 0 atom stereocenters. The highest BCUT2D eigenvalue weighted by Crippen LogP contribution is 2.32. The molecule has 26 heavy (non-hydrogen) atoms. The monoisotopic (exact) mass is 384 g/mol. The Hall–Kier alpha value is -1.42. The average Bonchev–Trinajstić information content (AvgIpc) is 2.93. The first kappa shape index (κ1) is 18.0. The van der Waals surface area contributed by atoms with E-state index in [1.807, 2.05) is 23.9 Å². The van der Waals surface area contributed by atoms with Crippen molar-refractivity contribution < 1.29 is 0 Å². The lowest BCUT2D eigenvalue weighted by Gasteiger charge is -2.26. The van der Waals surface area contributed by atoms with Crippen molar-refractivity contribution in [3.8, 4) is 0 Å². The maximum absolute atomic E-state index is 6.16. The Balaban J connectivity index is 1.65. The summed E-state index contributed by atoms with van der Waals surface area (Å²) in [7, 11) is 2.20. The van der Waals surface area contributed by atoms with Gasteiger partial charge in [-0.25, -0.2) is 0 Å². The van der Waals surface area contributed by atoms with Crippen LogP contribution in [0.5, 0.6) is 0 Å². The summed E-state index contributed by atoms with van der Waals surface area (Å²) >= 11 is 8.03. The number of hydrogen-bond acceptors (Lipinski definition) is 2. The third kappa shape index (κ3) is 3.80. The first-order valence-electron chi connectivity index (χ1n) is 9.38. The van der Waals surface area contributed by atoms with Gasteiger partial charge in [0.25, 0.3) is 0 Å². The molecule has 0 amide bonds. The number of likely N-dealkylation sites (tertiary alicyclic amines) is 1. The van der Waals surface area contributed by atoms with E-state index in [1.165, 1.54) is 59.4 Å². The molecule has 4 heteroatoms.